The van der Waals surface area contributed by atoms with Gasteiger partial charge in [-0.05, 0) is 63.1 Å². The van der Waals surface area contributed by atoms with E-state index in [-0.39, 0.29) is 12.1 Å². The average molecular weight is 406 g/mol. The Balaban J connectivity index is 1.95. The molecule has 0 N–H and O–H groups in total. The molecule has 6 nitrogen and oxygen atoms in total. The fourth-order valence-corrected chi connectivity index (χ4v) is 3.93. The first-order chi connectivity index (χ1) is 14.5. The predicted molar refractivity (Wildman–Crippen MR) is 115 cm³/mol. The van der Waals surface area contributed by atoms with Crippen LogP contribution in [0.5, 0.6) is 11.5 Å². The van der Waals surface area contributed by atoms with Gasteiger partial charge in [0.15, 0.2) is 11.5 Å². The van der Waals surface area contributed by atoms with Crippen LogP contribution in [0.3, 0.4) is 0 Å². The van der Waals surface area contributed by atoms with Crippen molar-refractivity contribution in [2.24, 2.45) is 0 Å². The summed E-state index contributed by atoms with van der Waals surface area (Å²) < 4.78 is 18.9. The molecule has 6 heteroatoms. The molecule has 30 heavy (non-hydrogen) atoms. The fourth-order valence-electron chi connectivity index (χ4n) is 3.93. The Hall–Kier alpha value is -3.28. The second kappa shape index (κ2) is 8.22. The number of methoxy groups -OCH3 is 1. The number of fused-ring (bicyclic) bond motifs is 3. The van der Waals surface area contributed by atoms with E-state index in [1.54, 1.807) is 13.3 Å². The van der Waals surface area contributed by atoms with Gasteiger partial charge in [-0.2, -0.15) is 0 Å². The van der Waals surface area contributed by atoms with E-state index in [0.29, 0.717) is 30.3 Å². The van der Waals surface area contributed by atoms with Crippen LogP contribution in [0.25, 0.3) is 22.5 Å². The minimum atomic E-state index is -0.323. The highest BCUT2D eigenvalue weighted by Gasteiger charge is 2.29. The summed E-state index contributed by atoms with van der Waals surface area (Å²) >= 11 is 0. The van der Waals surface area contributed by atoms with Crippen LogP contribution in [-0.2, 0) is 17.7 Å². The molecule has 0 spiro atoms. The van der Waals surface area contributed by atoms with Gasteiger partial charge >= 0.3 is 5.97 Å². The number of aromatic nitrogens is 2. The molecule has 3 aromatic rings. The van der Waals surface area contributed by atoms with Crippen molar-refractivity contribution in [2.45, 2.75) is 39.8 Å². The van der Waals surface area contributed by atoms with Crippen molar-refractivity contribution >= 4 is 5.97 Å². The van der Waals surface area contributed by atoms with Crippen LogP contribution in [0, 0.1) is 0 Å². The van der Waals surface area contributed by atoms with E-state index in [0.717, 1.165) is 34.5 Å². The van der Waals surface area contributed by atoms with Gasteiger partial charge in [-0.1, -0.05) is 6.07 Å². The zero-order valence-electron chi connectivity index (χ0n) is 17.8. The first-order valence-corrected chi connectivity index (χ1v) is 10.2. The summed E-state index contributed by atoms with van der Waals surface area (Å²) in [4.78, 5) is 17.2. The summed E-state index contributed by atoms with van der Waals surface area (Å²) in [6, 6.07) is 11.7. The van der Waals surface area contributed by atoms with Crippen molar-refractivity contribution in [1.29, 1.82) is 0 Å². The van der Waals surface area contributed by atoms with Crippen molar-refractivity contribution < 1.29 is 19.0 Å². The number of carbonyl (C=O) groups excluding carboxylic acids is 1. The van der Waals surface area contributed by atoms with Crippen LogP contribution in [-0.4, -0.2) is 35.3 Å². The molecular formula is C24H26N2O4. The number of benzene rings is 1. The molecule has 0 bridgehead atoms. The normalized spacial score (nSPS) is 12.3. The van der Waals surface area contributed by atoms with Crippen molar-refractivity contribution in [3.63, 3.8) is 0 Å². The van der Waals surface area contributed by atoms with Gasteiger partial charge in [0, 0.05) is 23.9 Å². The molecule has 0 saturated heterocycles. The van der Waals surface area contributed by atoms with Gasteiger partial charge in [-0.25, -0.2) is 4.79 Å². The SMILES string of the molecule is CCOC(=O)c1cc(-c2ccccn2)c2n1CCc1cc(OC)c(OC(C)C)cc1-2. The standard InChI is InChI=1S/C24H26N2O4/c1-5-29-24(27)20-13-18(19-8-6-7-10-25-19)23-17-14-22(30-15(2)3)21(28-4)12-16(17)9-11-26(20)23/h6-8,10,12-15H,5,9,11H2,1-4H3. The molecule has 156 valence electrons. The molecule has 4 rings (SSSR count). The molecule has 1 aliphatic rings. The summed E-state index contributed by atoms with van der Waals surface area (Å²) in [6.07, 6.45) is 2.55. The molecule has 1 aromatic carbocycles. The second-order valence-electron chi connectivity index (χ2n) is 7.46. The minimum absolute atomic E-state index is 0.0117. The number of esters is 1. The summed E-state index contributed by atoms with van der Waals surface area (Å²) in [7, 11) is 1.65. The van der Waals surface area contributed by atoms with Gasteiger partial charge in [-0.3, -0.25) is 4.98 Å². The third kappa shape index (κ3) is 3.54. The monoisotopic (exact) mass is 406 g/mol. The summed E-state index contributed by atoms with van der Waals surface area (Å²) in [5, 5.41) is 0. The van der Waals surface area contributed by atoms with Gasteiger partial charge in [0.25, 0.3) is 0 Å². The van der Waals surface area contributed by atoms with E-state index in [1.807, 2.05) is 61.7 Å². The number of hydrogen-bond acceptors (Lipinski definition) is 5. The zero-order chi connectivity index (χ0) is 21.3. The van der Waals surface area contributed by atoms with Crippen LogP contribution < -0.4 is 9.47 Å². The maximum atomic E-state index is 12.7. The maximum absolute atomic E-state index is 12.7. The average Bonchev–Trinajstić information content (AvgIpc) is 3.14. The molecule has 0 radical (unpaired) electrons. The van der Waals surface area contributed by atoms with E-state index in [9.17, 15) is 4.79 Å². The fraction of sp³-hybridized carbons (Fsp3) is 0.333. The number of aryl methyl sites for hydroxylation is 1. The molecule has 0 saturated carbocycles. The van der Waals surface area contributed by atoms with Gasteiger partial charge < -0.3 is 18.8 Å². The number of ether oxygens (including phenoxy) is 3. The first kappa shape index (κ1) is 20.0. The summed E-state index contributed by atoms with van der Waals surface area (Å²) in [6.45, 7) is 6.80. The lowest BCUT2D eigenvalue weighted by atomic mass is 9.94. The highest BCUT2D eigenvalue weighted by molar-refractivity contribution is 5.95. The molecule has 0 amide bonds. The third-order valence-electron chi connectivity index (χ3n) is 5.13. The Kier molecular flexibility index (Phi) is 5.48. The Morgan fingerprint density at radius 2 is 2.00 bits per heavy atom. The largest absolute Gasteiger partial charge is 0.493 e. The van der Waals surface area contributed by atoms with Crippen LogP contribution in [0.1, 0.15) is 36.8 Å². The van der Waals surface area contributed by atoms with Gasteiger partial charge in [0.05, 0.1) is 31.2 Å². The molecule has 0 atom stereocenters. The van der Waals surface area contributed by atoms with Crippen LogP contribution in [0.15, 0.2) is 42.6 Å². The van der Waals surface area contributed by atoms with Crippen molar-refractivity contribution in [3.05, 3.63) is 53.9 Å². The van der Waals surface area contributed by atoms with Crippen LogP contribution in [0.2, 0.25) is 0 Å². The van der Waals surface area contributed by atoms with E-state index in [2.05, 4.69) is 4.98 Å². The van der Waals surface area contributed by atoms with Crippen LogP contribution in [0.4, 0.5) is 0 Å². The number of nitrogens with zero attached hydrogens (tertiary/aromatic N) is 2. The lowest BCUT2D eigenvalue weighted by Gasteiger charge is -2.24. The molecule has 2 aromatic heterocycles. The molecule has 0 unspecified atom stereocenters. The quantitative estimate of drug-likeness (QED) is 0.553. The van der Waals surface area contributed by atoms with E-state index < -0.39 is 0 Å². The number of carbonyl (C=O) groups is 1. The third-order valence-corrected chi connectivity index (χ3v) is 5.13. The van der Waals surface area contributed by atoms with Gasteiger partial charge in [-0.15, -0.1) is 0 Å². The lowest BCUT2D eigenvalue weighted by molar-refractivity contribution is 0.0514. The van der Waals surface area contributed by atoms with Crippen molar-refractivity contribution in [2.75, 3.05) is 13.7 Å². The van der Waals surface area contributed by atoms with E-state index in [4.69, 9.17) is 14.2 Å². The van der Waals surface area contributed by atoms with Gasteiger partial charge in [0.1, 0.15) is 5.69 Å². The molecule has 0 aliphatic carbocycles. The highest BCUT2D eigenvalue weighted by atomic mass is 16.5. The molecule has 1 aliphatic heterocycles. The Bertz CT molecular complexity index is 1070. The smallest absolute Gasteiger partial charge is 0.354 e. The predicted octanol–water partition coefficient (Wildman–Crippen LogP) is 4.75. The molecule has 3 heterocycles. The number of rotatable bonds is 6. The van der Waals surface area contributed by atoms with E-state index in [1.165, 1.54) is 0 Å². The van der Waals surface area contributed by atoms with Gasteiger partial charge in [0.2, 0.25) is 0 Å². The number of hydrogen-bond donors (Lipinski definition) is 0. The Labute approximate surface area is 176 Å². The Morgan fingerprint density at radius 1 is 1.17 bits per heavy atom. The summed E-state index contributed by atoms with van der Waals surface area (Å²) in [5.41, 5.74) is 5.39. The van der Waals surface area contributed by atoms with Crippen LogP contribution >= 0.6 is 0 Å². The molecular weight excluding hydrogens is 380 g/mol. The highest BCUT2D eigenvalue weighted by Crippen LogP contribution is 2.44. The lowest BCUT2D eigenvalue weighted by Crippen LogP contribution is -2.18. The summed E-state index contributed by atoms with van der Waals surface area (Å²) in [5.74, 6) is 1.08. The topological polar surface area (TPSA) is 62.6 Å². The minimum Gasteiger partial charge on any atom is -0.493 e. The first-order valence-electron chi connectivity index (χ1n) is 10.2. The van der Waals surface area contributed by atoms with E-state index >= 15 is 0 Å². The van der Waals surface area contributed by atoms with Crippen molar-refractivity contribution in [1.82, 2.24) is 9.55 Å². The second-order valence-corrected chi connectivity index (χ2v) is 7.46. The number of pyridine rings is 1. The maximum Gasteiger partial charge on any atom is 0.354 e. The Morgan fingerprint density at radius 3 is 2.67 bits per heavy atom. The molecule has 0 fully saturated rings. The van der Waals surface area contributed by atoms with Crippen molar-refractivity contribution in [3.8, 4) is 34.0 Å². The zero-order valence-corrected chi connectivity index (χ0v) is 17.8.